The molecule has 0 aromatic heterocycles. The third-order valence-electron chi connectivity index (χ3n) is 2.34. The van der Waals surface area contributed by atoms with E-state index in [-0.39, 0.29) is 5.69 Å². The molecule has 5 nitrogen and oxygen atoms in total. The van der Waals surface area contributed by atoms with Crippen LogP contribution in [0.25, 0.3) is 0 Å². The Labute approximate surface area is 111 Å². The SMILES string of the molecule is CCNCc1ccc(OCCSC)c([N+](=O)[O-])c1. The van der Waals surface area contributed by atoms with Crippen LogP contribution in [-0.2, 0) is 6.54 Å². The minimum absolute atomic E-state index is 0.0338. The fraction of sp³-hybridized carbons (Fsp3) is 0.500. The van der Waals surface area contributed by atoms with Crippen molar-refractivity contribution >= 4 is 17.4 Å². The Balaban J connectivity index is 2.80. The number of ether oxygens (including phenoxy) is 1. The van der Waals surface area contributed by atoms with Gasteiger partial charge in [0.05, 0.1) is 11.5 Å². The molecular weight excluding hydrogens is 252 g/mol. The Morgan fingerprint density at radius 1 is 1.50 bits per heavy atom. The van der Waals surface area contributed by atoms with E-state index in [1.54, 1.807) is 23.9 Å². The molecule has 1 rings (SSSR count). The van der Waals surface area contributed by atoms with E-state index in [0.717, 1.165) is 17.9 Å². The van der Waals surface area contributed by atoms with Gasteiger partial charge in [-0.1, -0.05) is 13.0 Å². The van der Waals surface area contributed by atoms with Gasteiger partial charge in [-0.05, 0) is 24.4 Å². The Bertz CT molecular complexity index is 399. The number of nitrogens with one attached hydrogen (secondary N) is 1. The summed E-state index contributed by atoms with van der Waals surface area (Å²) >= 11 is 1.64. The first-order valence-electron chi connectivity index (χ1n) is 5.78. The quantitative estimate of drug-likeness (QED) is 0.446. The van der Waals surface area contributed by atoms with E-state index < -0.39 is 4.92 Å². The summed E-state index contributed by atoms with van der Waals surface area (Å²) in [6.45, 7) is 3.94. The number of benzene rings is 1. The summed E-state index contributed by atoms with van der Waals surface area (Å²) in [6, 6.07) is 5.09. The molecule has 0 fully saturated rings. The van der Waals surface area contributed by atoms with Crippen LogP contribution < -0.4 is 10.1 Å². The summed E-state index contributed by atoms with van der Waals surface area (Å²) in [7, 11) is 0. The fourth-order valence-corrected chi connectivity index (χ4v) is 1.69. The van der Waals surface area contributed by atoms with Crippen molar-refractivity contribution in [3.8, 4) is 5.75 Å². The number of nitro benzene ring substituents is 1. The third-order valence-corrected chi connectivity index (χ3v) is 2.92. The zero-order valence-electron chi connectivity index (χ0n) is 10.6. The highest BCUT2D eigenvalue weighted by Gasteiger charge is 2.15. The molecule has 0 saturated heterocycles. The molecule has 0 atom stereocenters. The second-order valence-electron chi connectivity index (χ2n) is 3.68. The minimum atomic E-state index is -0.399. The largest absolute Gasteiger partial charge is 0.486 e. The van der Waals surface area contributed by atoms with Crippen LogP contribution in [0.1, 0.15) is 12.5 Å². The Kier molecular flexibility index (Phi) is 6.53. The van der Waals surface area contributed by atoms with Gasteiger partial charge < -0.3 is 10.1 Å². The van der Waals surface area contributed by atoms with E-state index in [0.29, 0.717) is 18.9 Å². The number of thioether (sulfide) groups is 1. The van der Waals surface area contributed by atoms with Crippen LogP contribution in [0, 0.1) is 10.1 Å². The van der Waals surface area contributed by atoms with Crippen molar-refractivity contribution in [3.63, 3.8) is 0 Å². The second-order valence-corrected chi connectivity index (χ2v) is 4.67. The summed E-state index contributed by atoms with van der Waals surface area (Å²) in [5, 5.41) is 14.1. The summed E-state index contributed by atoms with van der Waals surface area (Å²) < 4.78 is 5.42. The fourth-order valence-electron chi connectivity index (χ4n) is 1.44. The summed E-state index contributed by atoms with van der Waals surface area (Å²) in [5.74, 6) is 1.16. The molecule has 1 N–H and O–H groups in total. The van der Waals surface area contributed by atoms with Crippen molar-refractivity contribution in [2.75, 3.05) is 25.2 Å². The zero-order chi connectivity index (χ0) is 13.4. The van der Waals surface area contributed by atoms with Gasteiger partial charge >= 0.3 is 5.69 Å². The van der Waals surface area contributed by atoms with Crippen LogP contribution in [0.5, 0.6) is 5.75 Å². The van der Waals surface area contributed by atoms with Crippen molar-refractivity contribution in [1.82, 2.24) is 5.32 Å². The standard InChI is InChI=1S/C12H18N2O3S/c1-3-13-9-10-4-5-12(17-6-7-18-2)11(8-10)14(15)16/h4-5,8,13H,3,6-7,9H2,1-2H3. The molecule has 0 saturated carbocycles. The number of nitrogens with zero attached hydrogens (tertiary/aromatic N) is 1. The van der Waals surface area contributed by atoms with Gasteiger partial charge in [0.1, 0.15) is 0 Å². The van der Waals surface area contributed by atoms with Gasteiger partial charge in [0.25, 0.3) is 0 Å². The Hall–Kier alpha value is -1.27. The predicted molar refractivity (Wildman–Crippen MR) is 74.4 cm³/mol. The second kappa shape index (κ2) is 7.94. The molecule has 0 heterocycles. The number of hydrogen-bond acceptors (Lipinski definition) is 5. The highest BCUT2D eigenvalue weighted by molar-refractivity contribution is 7.98. The maximum atomic E-state index is 11.0. The molecule has 0 bridgehead atoms. The molecule has 0 aliphatic carbocycles. The lowest BCUT2D eigenvalue weighted by Gasteiger charge is -2.08. The van der Waals surface area contributed by atoms with Gasteiger partial charge in [-0.3, -0.25) is 10.1 Å². The van der Waals surface area contributed by atoms with Gasteiger partial charge in [0.2, 0.25) is 0 Å². The summed E-state index contributed by atoms with van der Waals surface area (Å²) in [5.41, 5.74) is 0.923. The highest BCUT2D eigenvalue weighted by Crippen LogP contribution is 2.28. The van der Waals surface area contributed by atoms with E-state index in [4.69, 9.17) is 4.74 Å². The molecule has 1 aromatic rings. The first kappa shape index (κ1) is 14.8. The maximum absolute atomic E-state index is 11.0. The van der Waals surface area contributed by atoms with Gasteiger partial charge in [0.15, 0.2) is 5.75 Å². The van der Waals surface area contributed by atoms with Crippen molar-refractivity contribution < 1.29 is 9.66 Å². The van der Waals surface area contributed by atoms with Crippen molar-refractivity contribution in [1.29, 1.82) is 0 Å². The molecule has 1 aromatic carbocycles. The van der Waals surface area contributed by atoms with E-state index in [1.165, 1.54) is 0 Å². The molecule has 100 valence electrons. The molecule has 0 radical (unpaired) electrons. The third kappa shape index (κ3) is 4.54. The van der Waals surface area contributed by atoms with Gasteiger partial charge in [-0.2, -0.15) is 11.8 Å². The molecule has 0 unspecified atom stereocenters. The first-order valence-corrected chi connectivity index (χ1v) is 7.18. The highest BCUT2D eigenvalue weighted by atomic mass is 32.2. The van der Waals surface area contributed by atoms with E-state index in [2.05, 4.69) is 5.32 Å². The van der Waals surface area contributed by atoms with Crippen LogP contribution in [0.3, 0.4) is 0 Å². The van der Waals surface area contributed by atoms with Crippen LogP contribution in [-0.4, -0.2) is 30.1 Å². The Morgan fingerprint density at radius 3 is 2.89 bits per heavy atom. The topological polar surface area (TPSA) is 64.4 Å². The molecular formula is C12H18N2O3S. The van der Waals surface area contributed by atoms with E-state index in [9.17, 15) is 10.1 Å². The van der Waals surface area contributed by atoms with Crippen LogP contribution in [0.4, 0.5) is 5.69 Å². The van der Waals surface area contributed by atoms with Crippen molar-refractivity contribution in [2.24, 2.45) is 0 Å². The maximum Gasteiger partial charge on any atom is 0.311 e. The molecule has 0 spiro atoms. The van der Waals surface area contributed by atoms with Crippen LogP contribution in [0.2, 0.25) is 0 Å². The zero-order valence-corrected chi connectivity index (χ0v) is 11.5. The normalized spacial score (nSPS) is 10.3. The van der Waals surface area contributed by atoms with Crippen molar-refractivity contribution in [3.05, 3.63) is 33.9 Å². The molecule has 0 aliphatic rings. The minimum Gasteiger partial charge on any atom is -0.486 e. The predicted octanol–water partition coefficient (Wildman–Crippen LogP) is 2.45. The average Bonchev–Trinajstić information content (AvgIpc) is 2.37. The molecule has 0 amide bonds. The summed E-state index contributed by atoms with van der Waals surface area (Å²) in [4.78, 5) is 10.6. The number of nitro groups is 1. The van der Waals surface area contributed by atoms with Gasteiger partial charge in [-0.25, -0.2) is 0 Å². The smallest absolute Gasteiger partial charge is 0.311 e. The van der Waals surface area contributed by atoms with Crippen LogP contribution in [0.15, 0.2) is 18.2 Å². The lowest BCUT2D eigenvalue weighted by molar-refractivity contribution is -0.385. The number of rotatable bonds is 8. The van der Waals surface area contributed by atoms with Crippen molar-refractivity contribution in [2.45, 2.75) is 13.5 Å². The average molecular weight is 270 g/mol. The molecule has 18 heavy (non-hydrogen) atoms. The Morgan fingerprint density at radius 2 is 2.28 bits per heavy atom. The summed E-state index contributed by atoms with van der Waals surface area (Å²) in [6.07, 6.45) is 1.97. The monoisotopic (exact) mass is 270 g/mol. The lowest BCUT2D eigenvalue weighted by Crippen LogP contribution is -2.12. The molecule has 6 heteroatoms. The van der Waals surface area contributed by atoms with E-state index >= 15 is 0 Å². The van der Waals surface area contributed by atoms with E-state index in [1.807, 2.05) is 19.2 Å². The van der Waals surface area contributed by atoms with Gasteiger partial charge in [0, 0.05) is 18.4 Å². The lowest BCUT2D eigenvalue weighted by atomic mass is 10.2. The van der Waals surface area contributed by atoms with Gasteiger partial charge in [-0.15, -0.1) is 0 Å². The molecule has 0 aliphatic heterocycles. The number of hydrogen-bond donors (Lipinski definition) is 1. The van der Waals surface area contributed by atoms with Crippen LogP contribution >= 0.6 is 11.8 Å². The first-order chi connectivity index (χ1) is 8.69.